The van der Waals surface area contributed by atoms with Gasteiger partial charge in [-0.1, -0.05) is 24.3 Å². The summed E-state index contributed by atoms with van der Waals surface area (Å²) in [5, 5.41) is 6.47. The number of halogens is 1. The van der Waals surface area contributed by atoms with Crippen molar-refractivity contribution in [3.05, 3.63) is 93.6 Å². The summed E-state index contributed by atoms with van der Waals surface area (Å²) in [6, 6.07) is 16.7. The van der Waals surface area contributed by atoms with Crippen LogP contribution in [-0.4, -0.2) is 15.9 Å². The number of hydrogen-bond donors (Lipinski definition) is 1. The Morgan fingerprint density at radius 2 is 1.93 bits per heavy atom. The predicted octanol–water partition coefficient (Wildman–Crippen LogP) is 5.42. The van der Waals surface area contributed by atoms with E-state index in [4.69, 9.17) is 4.99 Å². The fraction of sp³-hybridized carbons (Fsp3) is 0.0909. The van der Waals surface area contributed by atoms with Crippen molar-refractivity contribution in [2.75, 3.05) is 0 Å². The van der Waals surface area contributed by atoms with Crippen molar-refractivity contribution >= 4 is 23.2 Å². The van der Waals surface area contributed by atoms with E-state index in [0.717, 1.165) is 22.5 Å². The molecule has 2 aromatic carbocycles. The maximum Gasteiger partial charge on any atom is 0.211 e. The fourth-order valence-corrected chi connectivity index (χ4v) is 3.67. The molecular weight excluding hydrogens is 371 g/mol. The average Bonchev–Trinajstić information content (AvgIpc) is 3.33. The van der Waals surface area contributed by atoms with Gasteiger partial charge in [-0.25, -0.2) is 14.1 Å². The standard InChI is InChI=1S/C22H19FN4S/c1-15-9-10-16(2)20(12-15)26-22-27(25-13-17-6-5-11-24-17)21(14-28-22)18-7-3-4-8-19(18)23/h3-14,24H,1-2H3. The van der Waals surface area contributed by atoms with Crippen molar-refractivity contribution in [3.8, 4) is 11.3 Å². The Morgan fingerprint density at radius 1 is 1.07 bits per heavy atom. The molecule has 0 spiro atoms. The number of aryl methyl sites for hydroxylation is 2. The van der Waals surface area contributed by atoms with Crippen molar-refractivity contribution in [2.45, 2.75) is 13.8 Å². The molecule has 0 aliphatic carbocycles. The van der Waals surface area contributed by atoms with Crippen molar-refractivity contribution in [1.29, 1.82) is 0 Å². The van der Waals surface area contributed by atoms with Crippen molar-refractivity contribution < 1.29 is 4.39 Å². The van der Waals surface area contributed by atoms with Crippen LogP contribution < -0.4 is 4.80 Å². The van der Waals surface area contributed by atoms with E-state index < -0.39 is 0 Å². The minimum atomic E-state index is -0.289. The van der Waals surface area contributed by atoms with Crippen molar-refractivity contribution in [1.82, 2.24) is 9.66 Å². The van der Waals surface area contributed by atoms with E-state index in [1.165, 1.54) is 17.4 Å². The predicted molar refractivity (Wildman–Crippen MR) is 113 cm³/mol. The summed E-state index contributed by atoms with van der Waals surface area (Å²) < 4.78 is 16.1. The molecule has 0 aliphatic rings. The molecule has 6 heteroatoms. The fourth-order valence-electron chi connectivity index (χ4n) is 2.83. The molecule has 0 saturated heterocycles. The van der Waals surface area contributed by atoms with Crippen molar-refractivity contribution in [3.63, 3.8) is 0 Å². The van der Waals surface area contributed by atoms with Crippen LogP contribution in [0.1, 0.15) is 16.8 Å². The van der Waals surface area contributed by atoms with Gasteiger partial charge in [0.25, 0.3) is 0 Å². The zero-order valence-electron chi connectivity index (χ0n) is 15.6. The Balaban J connectivity index is 1.91. The summed E-state index contributed by atoms with van der Waals surface area (Å²) in [6.45, 7) is 4.06. The first kappa shape index (κ1) is 18.1. The topological polar surface area (TPSA) is 45.4 Å². The van der Waals surface area contributed by atoms with Gasteiger partial charge in [-0.2, -0.15) is 5.10 Å². The van der Waals surface area contributed by atoms with Crippen LogP contribution >= 0.6 is 11.3 Å². The molecule has 2 heterocycles. The number of benzene rings is 2. The van der Waals surface area contributed by atoms with Crippen LogP contribution in [0.25, 0.3) is 11.3 Å². The van der Waals surface area contributed by atoms with Crippen LogP contribution in [0.5, 0.6) is 0 Å². The Morgan fingerprint density at radius 3 is 2.71 bits per heavy atom. The molecule has 0 radical (unpaired) electrons. The largest absolute Gasteiger partial charge is 0.360 e. The van der Waals surface area contributed by atoms with Crippen LogP contribution in [-0.2, 0) is 0 Å². The molecule has 0 unspecified atom stereocenters. The van der Waals surface area contributed by atoms with E-state index in [-0.39, 0.29) is 5.82 Å². The molecule has 0 bridgehead atoms. The maximum atomic E-state index is 14.4. The first-order valence-corrected chi connectivity index (χ1v) is 9.75. The lowest BCUT2D eigenvalue weighted by atomic mass is 10.1. The minimum Gasteiger partial charge on any atom is -0.360 e. The minimum absolute atomic E-state index is 0.289. The Hall–Kier alpha value is -3.25. The number of hydrogen-bond acceptors (Lipinski definition) is 3. The van der Waals surface area contributed by atoms with Crippen LogP contribution in [0.15, 0.2) is 76.3 Å². The SMILES string of the molecule is Cc1ccc(C)c(N=c2scc(-c3ccccc3F)n2N=Cc2ccc[nH]2)c1. The summed E-state index contributed by atoms with van der Waals surface area (Å²) in [5.74, 6) is -0.289. The highest BCUT2D eigenvalue weighted by atomic mass is 32.1. The normalized spacial score (nSPS) is 12.2. The number of nitrogens with zero attached hydrogens (tertiary/aromatic N) is 3. The van der Waals surface area contributed by atoms with Crippen LogP contribution in [0.3, 0.4) is 0 Å². The maximum absolute atomic E-state index is 14.4. The van der Waals surface area contributed by atoms with Gasteiger partial charge >= 0.3 is 0 Å². The number of aromatic amines is 1. The average molecular weight is 390 g/mol. The molecule has 140 valence electrons. The molecule has 0 atom stereocenters. The first-order valence-electron chi connectivity index (χ1n) is 8.87. The smallest absolute Gasteiger partial charge is 0.211 e. The lowest BCUT2D eigenvalue weighted by Gasteiger charge is -2.05. The third-order valence-electron chi connectivity index (χ3n) is 4.35. The zero-order chi connectivity index (χ0) is 19.5. The van der Waals surface area contributed by atoms with E-state index in [1.807, 2.05) is 55.8 Å². The van der Waals surface area contributed by atoms with E-state index >= 15 is 0 Å². The molecule has 4 aromatic rings. The van der Waals surface area contributed by atoms with E-state index in [1.54, 1.807) is 23.0 Å². The zero-order valence-corrected chi connectivity index (χ0v) is 16.4. The number of aromatic nitrogens is 2. The third-order valence-corrected chi connectivity index (χ3v) is 5.17. The molecule has 28 heavy (non-hydrogen) atoms. The van der Waals surface area contributed by atoms with Gasteiger partial charge in [0, 0.05) is 17.1 Å². The van der Waals surface area contributed by atoms with Gasteiger partial charge in [0.1, 0.15) is 5.82 Å². The molecule has 0 aliphatic heterocycles. The second-order valence-electron chi connectivity index (χ2n) is 6.47. The first-order chi connectivity index (χ1) is 13.6. The van der Waals surface area contributed by atoms with Crippen LogP contribution in [0.2, 0.25) is 0 Å². The second-order valence-corrected chi connectivity index (χ2v) is 7.30. The summed E-state index contributed by atoms with van der Waals surface area (Å²) in [6.07, 6.45) is 3.54. The van der Waals surface area contributed by atoms with Gasteiger partial charge in [-0.3, -0.25) is 0 Å². The number of thiazole rings is 1. The van der Waals surface area contributed by atoms with Crippen LogP contribution in [0.4, 0.5) is 10.1 Å². The summed E-state index contributed by atoms with van der Waals surface area (Å²) in [5.41, 5.74) is 5.10. The summed E-state index contributed by atoms with van der Waals surface area (Å²) in [7, 11) is 0. The number of nitrogens with one attached hydrogen (secondary N) is 1. The van der Waals surface area contributed by atoms with Gasteiger partial charge in [-0.05, 0) is 55.3 Å². The van der Waals surface area contributed by atoms with E-state index in [2.05, 4.69) is 16.2 Å². The highest BCUT2D eigenvalue weighted by Crippen LogP contribution is 2.24. The third kappa shape index (κ3) is 3.73. The summed E-state index contributed by atoms with van der Waals surface area (Å²) >= 11 is 1.43. The Labute approximate surface area is 166 Å². The molecule has 4 nitrogen and oxygen atoms in total. The molecule has 0 saturated carbocycles. The molecule has 1 N–H and O–H groups in total. The Kier molecular flexibility index (Phi) is 5.04. The molecule has 0 fully saturated rings. The van der Waals surface area contributed by atoms with Gasteiger partial charge in [-0.15, -0.1) is 11.3 Å². The second kappa shape index (κ2) is 7.78. The van der Waals surface area contributed by atoms with Gasteiger partial charge in [0.2, 0.25) is 4.80 Å². The lowest BCUT2D eigenvalue weighted by Crippen LogP contribution is -2.12. The van der Waals surface area contributed by atoms with Gasteiger partial charge < -0.3 is 4.98 Å². The van der Waals surface area contributed by atoms with E-state index in [9.17, 15) is 4.39 Å². The quantitative estimate of drug-likeness (QED) is 0.453. The highest BCUT2D eigenvalue weighted by molar-refractivity contribution is 7.07. The molecule has 2 aromatic heterocycles. The molecule has 0 amide bonds. The summed E-state index contributed by atoms with van der Waals surface area (Å²) in [4.78, 5) is 8.58. The van der Waals surface area contributed by atoms with Crippen LogP contribution in [0, 0.1) is 19.7 Å². The molecular formula is C22H19FN4S. The molecule has 4 rings (SSSR count). The highest BCUT2D eigenvalue weighted by Gasteiger charge is 2.12. The van der Waals surface area contributed by atoms with Gasteiger partial charge in [0.15, 0.2) is 0 Å². The number of H-pyrrole nitrogens is 1. The van der Waals surface area contributed by atoms with E-state index in [0.29, 0.717) is 16.1 Å². The van der Waals surface area contributed by atoms with Crippen molar-refractivity contribution in [2.24, 2.45) is 10.1 Å². The monoisotopic (exact) mass is 390 g/mol. The number of rotatable bonds is 4. The lowest BCUT2D eigenvalue weighted by molar-refractivity contribution is 0.629. The Bertz CT molecular complexity index is 1200. The van der Waals surface area contributed by atoms with Gasteiger partial charge in [0.05, 0.1) is 23.3 Å².